The molecule has 10 nitrogen and oxygen atoms in total. The number of carbonyl (C=O) groups excluding carboxylic acids is 1. The van der Waals surface area contributed by atoms with Crippen molar-refractivity contribution in [2.24, 2.45) is 0 Å². The Hall–Kier alpha value is -4.08. The SMILES string of the molecule is CC1=C(C(=O)OCc2ccccc2)[C@H](c2cccc([N+](=O)[O-])c2)n2nnnc2N1. The van der Waals surface area contributed by atoms with E-state index in [0.29, 0.717) is 17.2 Å². The molecule has 0 saturated heterocycles. The van der Waals surface area contributed by atoms with Gasteiger partial charge in [-0.1, -0.05) is 47.6 Å². The van der Waals surface area contributed by atoms with Crippen molar-refractivity contribution in [3.63, 3.8) is 0 Å². The fraction of sp³-hybridized carbons (Fsp3) is 0.158. The number of carbonyl (C=O) groups is 1. The maximum absolute atomic E-state index is 13.0. The molecule has 10 heteroatoms. The summed E-state index contributed by atoms with van der Waals surface area (Å²) in [5, 5.41) is 25.7. The molecule has 0 aliphatic carbocycles. The molecule has 1 aromatic heterocycles. The molecule has 146 valence electrons. The van der Waals surface area contributed by atoms with Gasteiger partial charge >= 0.3 is 5.97 Å². The number of allylic oxidation sites excluding steroid dienone is 1. The first kappa shape index (κ1) is 18.3. The summed E-state index contributed by atoms with van der Waals surface area (Å²) in [6.45, 7) is 1.81. The van der Waals surface area contributed by atoms with Crippen molar-refractivity contribution in [2.75, 3.05) is 5.32 Å². The van der Waals surface area contributed by atoms with E-state index in [4.69, 9.17) is 4.74 Å². The Kier molecular flexibility index (Phi) is 4.73. The zero-order chi connectivity index (χ0) is 20.4. The van der Waals surface area contributed by atoms with Gasteiger partial charge in [0.1, 0.15) is 12.6 Å². The van der Waals surface area contributed by atoms with Crippen LogP contribution >= 0.6 is 0 Å². The number of aromatic nitrogens is 4. The van der Waals surface area contributed by atoms with Crippen LogP contribution < -0.4 is 5.32 Å². The summed E-state index contributed by atoms with van der Waals surface area (Å²) in [5.74, 6) is -0.227. The number of tetrazole rings is 1. The summed E-state index contributed by atoms with van der Waals surface area (Å²) in [6, 6.07) is 14.6. The van der Waals surface area contributed by atoms with E-state index in [1.165, 1.54) is 16.8 Å². The van der Waals surface area contributed by atoms with E-state index in [-0.39, 0.29) is 17.9 Å². The molecule has 1 aliphatic rings. The van der Waals surface area contributed by atoms with Gasteiger partial charge in [0.2, 0.25) is 5.95 Å². The lowest BCUT2D eigenvalue weighted by Crippen LogP contribution is -2.29. The minimum absolute atomic E-state index is 0.0923. The quantitative estimate of drug-likeness (QED) is 0.399. The van der Waals surface area contributed by atoms with Crippen molar-refractivity contribution < 1.29 is 14.5 Å². The van der Waals surface area contributed by atoms with Crippen molar-refractivity contribution >= 4 is 17.6 Å². The van der Waals surface area contributed by atoms with Gasteiger partial charge < -0.3 is 10.1 Å². The number of rotatable bonds is 5. The van der Waals surface area contributed by atoms with Crippen molar-refractivity contribution in [1.29, 1.82) is 0 Å². The van der Waals surface area contributed by atoms with Crippen LogP contribution in [-0.4, -0.2) is 31.1 Å². The molecule has 4 rings (SSSR count). The number of esters is 1. The fourth-order valence-electron chi connectivity index (χ4n) is 3.19. The second-order valence-corrected chi connectivity index (χ2v) is 6.43. The Morgan fingerprint density at radius 3 is 2.79 bits per heavy atom. The van der Waals surface area contributed by atoms with E-state index in [1.807, 2.05) is 30.3 Å². The number of nitro benzene ring substituents is 1. The van der Waals surface area contributed by atoms with E-state index in [0.717, 1.165) is 5.56 Å². The maximum Gasteiger partial charge on any atom is 0.338 e. The van der Waals surface area contributed by atoms with Gasteiger partial charge in [-0.15, -0.1) is 0 Å². The lowest BCUT2D eigenvalue weighted by Gasteiger charge is -2.27. The van der Waals surface area contributed by atoms with Crippen molar-refractivity contribution in [3.8, 4) is 0 Å². The first-order valence-corrected chi connectivity index (χ1v) is 8.75. The summed E-state index contributed by atoms with van der Waals surface area (Å²) >= 11 is 0. The van der Waals surface area contributed by atoms with Crippen LogP contribution in [0.5, 0.6) is 0 Å². The van der Waals surface area contributed by atoms with Crippen LogP contribution in [0.2, 0.25) is 0 Å². The van der Waals surface area contributed by atoms with Gasteiger partial charge in [-0.3, -0.25) is 10.1 Å². The summed E-state index contributed by atoms with van der Waals surface area (Å²) in [5.41, 5.74) is 2.05. The number of nitrogens with one attached hydrogen (secondary N) is 1. The molecule has 1 aliphatic heterocycles. The second kappa shape index (κ2) is 7.50. The second-order valence-electron chi connectivity index (χ2n) is 6.43. The topological polar surface area (TPSA) is 125 Å². The molecule has 0 bridgehead atoms. The van der Waals surface area contributed by atoms with Gasteiger partial charge in [-0.05, 0) is 28.5 Å². The van der Waals surface area contributed by atoms with Crippen LogP contribution in [0.1, 0.15) is 24.1 Å². The molecule has 29 heavy (non-hydrogen) atoms. The van der Waals surface area contributed by atoms with Crippen molar-refractivity contribution in [2.45, 2.75) is 19.6 Å². The highest BCUT2D eigenvalue weighted by molar-refractivity contribution is 5.92. The van der Waals surface area contributed by atoms with E-state index < -0.39 is 16.9 Å². The third-order valence-electron chi connectivity index (χ3n) is 4.54. The first-order valence-electron chi connectivity index (χ1n) is 8.75. The molecule has 3 aromatic rings. The van der Waals surface area contributed by atoms with Gasteiger partial charge in [0.25, 0.3) is 5.69 Å². The summed E-state index contributed by atoms with van der Waals surface area (Å²) < 4.78 is 6.91. The molecule has 0 radical (unpaired) electrons. The van der Waals surface area contributed by atoms with Crippen LogP contribution in [0.3, 0.4) is 0 Å². The number of non-ortho nitro benzene ring substituents is 1. The van der Waals surface area contributed by atoms with Crippen molar-refractivity contribution in [3.05, 3.63) is 87.1 Å². The Labute approximate surface area is 165 Å². The molecule has 2 aromatic carbocycles. The maximum atomic E-state index is 13.0. The van der Waals surface area contributed by atoms with E-state index in [2.05, 4.69) is 20.8 Å². The van der Waals surface area contributed by atoms with Gasteiger partial charge in [0.15, 0.2) is 0 Å². The molecular weight excluding hydrogens is 376 g/mol. The Morgan fingerprint density at radius 2 is 2.03 bits per heavy atom. The van der Waals surface area contributed by atoms with E-state index in [9.17, 15) is 14.9 Å². The Balaban J connectivity index is 1.71. The molecule has 2 heterocycles. The lowest BCUT2D eigenvalue weighted by molar-refractivity contribution is -0.384. The number of fused-ring (bicyclic) bond motifs is 1. The minimum Gasteiger partial charge on any atom is -0.457 e. The number of ether oxygens (including phenoxy) is 1. The molecule has 1 atom stereocenters. The zero-order valence-corrected chi connectivity index (χ0v) is 15.3. The summed E-state index contributed by atoms with van der Waals surface area (Å²) in [6.07, 6.45) is 0. The van der Waals surface area contributed by atoms with Crippen LogP contribution in [0, 0.1) is 10.1 Å². The van der Waals surface area contributed by atoms with Crippen LogP contribution in [0.4, 0.5) is 11.6 Å². The first-order chi connectivity index (χ1) is 14.0. The number of benzene rings is 2. The molecule has 0 unspecified atom stereocenters. The average molecular weight is 392 g/mol. The predicted molar refractivity (Wildman–Crippen MR) is 102 cm³/mol. The summed E-state index contributed by atoms with van der Waals surface area (Å²) in [7, 11) is 0. The highest BCUT2D eigenvalue weighted by Crippen LogP contribution is 2.36. The van der Waals surface area contributed by atoms with Crippen molar-refractivity contribution in [1.82, 2.24) is 20.2 Å². The number of hydrogen-bond donors (Lipinski definition) is 1. The van der Waals surface area contributed by atoms with Gasteiger partial charge in [-0.2, -0.15) is 4.68 Å². The number of hydrogen-bond acceptors (Lipinski definition) is 8. The highest BCUT2D eigenvalue weighted by Gasteiger charge is 2.35. The number of anilines is 1. The lowest BCUT2D eigenvalue weighted by atomic mass is 9.95. The van der Waals surface area contributed by atoms with Gasteiger partial charge in [-0.25, -0.2) is 4.79 Å². The van der Waals surface area contributed by atoms with Gasteiger partial charge in [0.05, 0.1) is 10.5 Å². The molecular formula is C19H16N6O4. The molecule has 0 spiro atoms. The van der Waals surface area contributed by atoms with E-state index >= 15 is 0 Å². The molecule has 0 fully saturated rings. The smallest absolute Gasteiger partial charge is 0.338 e. The normalized spacial score (nSPS) is 15.4. The fourth-order valence-corrected chi connectivity index (χ4v) is 3.19. The van der Waals surface area contributed by atoms with Gasteiger partial charge in [0, 0.05) is 17.8 Å². The largest absolute Gasteiger partial charge is 0.457 e. The highest BCUT2D eigenvalue weighted by atomic mass is 16.6. The monoisotopic (exact) mass is 392 g/mol. The minimum atomic E-state index is -0.760. The molecule has 0 saturated carbocycles. The molecule has 0 amide bonds. The van der Waals surface area contributed by atoms with Crippen LogP contribution in [-0.2, 0) is 16.1 Å². The van der Waals surface area contributed by atoms with E-state index in [1.54, 1.807) is 19.1 Å². The standard InChI is InChI=1S/C19H16N6O4/c1-12-16(18(26)29-11-13-6-3-2-4-7-13)17(24-19(20-12)21-22-23-24)14-8-5-9-15(10-14)25(27)28/h2-10,17H,11H2,1H3,(H,20,21,23)/t17-/m0/s1. The Morgan fingerprint density at radius 1 is 1.24 bits per heavy atom. The number of nitro groups is 1. The van der Waals surface area contributed by atoms with Crippen LogP contribution in [0.25, 0.3) is 0 Å². The average Bonchev–Trinajstić information content (AvgIpc) is 3.19. The number of nitrogens with zero attached hydrogens (tertiary/aromatic N) is 5. The molecule has 1 N–H and O–H groups in total. The van der Waals surface area contributed by atoms with Crippen LogP contribution in [0.15, 0.2) is 65.9 Å². The summed E-state index contributed by atoms with van der Waals surface area (Å²) in [4.78, 5) is 23.7. The third-order valence-corrected chi connectivity index (χ3v) is 4.54. The Bertz CT molecular complexity index is 1110. The zero-order valence-electron chi connectivity index (χ0n) is 15.3. The predicted octanol–water partition coefficient (Wildman–Crippen LogP) is 2.61. The third kappa shape index (κ3) is 3.55.